The summed E-state index contributed by atoms with van der Waals surface area (Å²) in [6, 6.07) is 9.23. The van der Waals surface area contributed by atoms with Crippen LogP contribution in [0.25, 0.3) is 0 Å². The molecule has 0 radical (unpaired) electrons. The molecule has 0 aliphatic rings. The van der Waals surface area contributed by atoms with Crippen molar-refractivity contribution in [2.24, 2.45) is 0 Å². The molecule has 1 aromatic carbocycles. The van der Waals surface area contributed by atoms with Gasteiger partial charge in [-0.25, -0.2) is 0 Å². The minimum Gasteiger partial charge on any atom is -0.481 e. The molecule has 1 atom stereocenters. The smallest absolute Gasteiger partial charge is 0.303 e. The van der Waals surface area contributed by atoms with Crippen LogP contribution in [0.4, 0.5) is 5.69 Å². The molecule has 110 valence electrons. The maximum Gasteiger partial charge on any atom is 0.303 e. The Morgan fingerprint density at radius 1 is 1.24 bits per heavy atom. The molecule has 1 heterocycles. The molecule has 0 spiro atoms. The zero-order valence-corrected chi connectivity index (χ0v) is 12.5. The molecule has 2 aromatic rings. The fourth-order valence-electron chi connectivity index (χ4n) is 1.93. The van der Waals surface area contributed by atoms with E-state index in [-0.39, 0.29) is 18.2 Å². The standard InChI is InChI=1S/C16H17NO3S/c1-11(13-8-9-21-10-13)16(20)17-14-5-2-12(3-6-14)4-7-15(18)19/h2-3,5-6,8-11H,4,7H2,1H3,(H,17,20)(H,18,19). The Balaban J connectivity index is 1.93. The van der Waals surface area contributed by atoms with Crippen LogP contribution in [0.5, 0.6) is 0 Å². The minimum atomic E-state index is -0.808. The highest BCUT2D eigenvalue weighted by molar-refractivity contribution is 7.08. The molecule has 21 heavy (non-hydrogen) atoms. The van der Waals surface area contributed by atoms with E-state index < -0.39 is 5.97 Å². The Kier molecular flexibility index (Phi) is 5.11. The molecule has 2 N–H and O–H groups in total. The molecule has 0 bridgehead atoms. The summed E-state index contributed by atoms with van der Waals surface area (Å²) in [6.07, 6.45) is 0.607. The Morgan fingerprint density at radius 3 is 2.52 bits per heavy atom. The number of carbonyl (C=O) groups is 2. The number of aliphatic carboxylic acids is 1. The number of thiophene rings is 1. The molecule has 1 unspecified atom stereocenters. The van der Waals surface area contributed by atoms with Crippen LogP contribution in [0.15, 0.2) is 41.1 Å². The van der Waals surface area contributed by atoms with Crippen LogP contribution in [0.2, 0.25) is 0 Å². The van der Waals surface area contributed by atoms with Crippen LogP contribution in [-0.4, -0.2) is 17.0 Å². The quantitative estimate of drug-likeness (QED) is 0.858. The molecular weight excluding hydrogens is 286 g/mol. The van der Waals surface area contributed by atoms with Crippen molar-refractivity contribution in [3.05, 3.63) is 52.2 Å². The van der Waals surface area contributed by atoms with Crippen molar-refractivity contribution in [1.82, 2.24) is 0 Å². The lowest BCUT2D eigenvalue weighted by Gasteiger charge is -2.11. The second kappa shape index (κ2) is 7.04. The minimum absolute atomic E-state index is 0.0494. The Bertz CT molecular complexity index is 605. The van der Waals surface area contributed by atoms with Crippen LogP contribution in [-0.2, 0) is 16.0 Å². The van der Waals surface area contributed by atoms with E-state index >= 15 is 0 Å². The van der Waals surface area contributed by atoms with Gasteiger partial charge in [0.15, 0.2) is 0 Å². The summed E-state index contributed by atoms with van der Waals surface area (Å²) >= 11 is 1.57. The molecule has 1 amide bonds. The predicted octanol–water partition coefficient (Wildman–Crippen LogP) is 3.51. The summed E-state index contributed by atoms with van der Waals surface area (Å²) in [7, 11) is 0. The zero-order valence-electron chi connectivity index (χ0n) is 11.7. The lowest BCUT2D eigenvalue weighted by Crippen LogP contribution is -2.18. The highest BCUT2D eigenvalue weighted by Crippen LogP contribution is 2.20. The second-order valence-corrected chi connectivity index (χ2v) is 5.64. The Morgan fingerprint density at radius 2 is 1.95 bits per heavy atom. The number of hydrogen-bond acceptors (Lipinski definition) is 3. The molecule has 4 nitrogen and oxygen atoms in total. The van der Waals surface area contributed by atoms with Crippen LogP contribution in [0.3, 0.4) is 0 Å². The number of carbonyl (C=O) groups excluding carboxylic acids is 1. The van der Waals surface area contributed by atoms with Crippen molar-refractivity contribution in [3.63, 3.8) is 0 Å². The first-order valence-electron chi connectivity index (χ1n) is 6.70. The van der Waals surface area contributed by atoms with Gasteiger partial charge in [0.25, 0.3) is 0 Å². The summed E-state index contributed by atoms with van der Waals surface area (Å²) in [5.41, 5.74) is 2.68. The van der Waals surface area contributed by atoms with E-state index in [1.807, 2.05) is 35.9 Å². The van der Waals surface area contributed by atoms with E-state index in [1.54, 1.807) is 23.5 Å². The molecule has 0 aliphatic heterocycles. The van der Waals surface area contributed by atoms with Gasteiger partial charge in [0.1, 0.15) is 0 Å². The summed E-state index contributed by atoms with van der Waals surface area (Å²) in [4.78, 5) is 22.6. The topological polar surface area (TPSA) is 66.4 Å². The van der Waals surface area contributed by atoms with Crippen molar-refractivity contribution >= 4 is 28.9 Å². The molecule has 0 saturated carbocycles. The highest BCUT2D eigenvalue weighted by Gasteiger charge is 2.15. The third-order valence-electron chi connectivity index (χ3n) is 3.29. The van der Waals surface area contributed by atoms with E-state index in [2.05, 4.69) is 5.32 Å². The number of benzene rings is 1. The molecule has 0 fully saturated rings. The van der Waals surface area contributed by atoms with Gasteiger partial charge in [-0.2, -0.15) is 11.3 Å². The van der Waals surface area contributed by atoms with Gasteiger partial charge in [0.05, 0.1) is 5.92 Å². The molecule has 0 saturated heterocycles. The van der Waals surface area contributed by atoms with Gasteiger partial charge in [0, 0.05) is 12.1 Å². The summed E-state index contributed by atoms with van der Waals surface area (Å²) in [6.45, 7) is 1.87. The monoisotopic (exact) mass is 303 g/mol. The van der Waals surface area contributed by atoms with Crippen molar-refractivity contribution in [2.45, 2.75) is 25.7 Å². The third-order valence-corrected chi connectivity index (χ3v) is 3.99. The van der Waals surface area contributed by atoms with Gasteiger partial charge in [-0.3, -0.25) is 9.59 Å². The summed E-state index contributed by atoms with van der Waals surface area (Å²) < 4.78 is 0. The lowest BCUT2D eigenvalue weighted by atomic mass is 10.0. The molecule has 1 aromatic heterocycles. The Labute approximate surface area is 127 Å². The number of carboxylic acids is 1. The largest absolute Gasteiger partial charge is 0.481 e. The number of anilines is 1. The van der Waals surface area contributed by atoms with Crippen LogP contribution >= 0.6 is 11.3 Å². The maximum atomic E-state index is 12.1. The van der Waals surface area contributed by atoms with Gasteiger partial charge in [-0.1, -0.05) is 12.1 Å². The lowest BCUT2D eigenvalue weighted by molar-refractivity contribution is -0.137. The van der Waals surface area contributed by atoms with Gasteiger partial charge >= 0.3 is 5.97 Å². The number of aryl methyl sites for hydroxylation is 1. The van der Waals surface area contributed by atoms with Crippen molar-refractivity contribution in [3.8, 4) is 0 Å². The fourth-order valence-corrected chi connectivity index (χ4v) is 2.68. The van der Waals surface area contributed by atoms with Gasteiger partial charge in [0.2, 0.25) is 5.91 Å². The van der Waals surface area contributed by atoms with Gasteiger partial charge in [-0.15, -0.1) is 0 Å². The van der Waals surface area contributed by atoms with Gasteiger partial charge < -0.3 is 10.4 Å². The van der Waals surface area contributed by atoms with Gasteiger partial charge in [-0.05, 0) is 53.4 Å². The predicted molar refractivity (Wildman–Crippen MR) is 83.8 cm³/mol. The van der Waals surface area contributed by atoms with E-state index in [9.17, 15) is 9.59 Å². The van der Waals surface area contributed by atoms with Crippen molar-refractivity contribution < 1.29 is 14.7 Å². The first kappa shape index (κ1) is 15.3. The normalized spacial score (nSPS) is 11.9. The summed E-state index contributed by atoms with van der Waals surface area (Å²) in [5, 5.41) is 15.4. The number of nitrogens with one attached hydrogen (secondary N) is 1. The van der Waals surface area contributed by atoms with E-state index in [4.69, 9.17) is 5.11 Å². The number of amides is 1. The fraction of sp³-hybridized carbons (Fsp3) is 0.250. The third kappa shape index (κ3) is 4.43. The molecule has 0 aliphatic carbocycles. The first-order chi connectivity index (χ1) is 10.1. The van der Waals surface area contributed by atoms with Crippen LogP contribution in [0, 0.1) is 0 Å². The number of hydrogen-bond donors (Lipinski definition) is 2. The zero-order chi connectivity index (χ0) is 15.2. The van der Waals surface area contributed by atoms with E-state index in [0.29, 0.717) is 6.42 Å². The average molecular weight is 303 g/mol. The van der Waals surface area contributed by atoms with Crippen LogP contribution < -0.4 is 5.32 Å². The van der Waals surface area contributed by atoms with E-state index in [1.165, 1.54) is 0 Å². The van der Waals surface area contributed by atoms with E-state index in [0.717, 1.165) is 16.8 Å². The average Bonchev–Trinajstić information content (AvgIpc) is 2.99. The highest BCUT2D eigenvalue weighted by atomic mass is 32.1. The first-order valence-corrected chi connectivity index (χ1v) is 7.64. The number of carboxylic acid groups (broad SMARTS) is 1. The van der Waals surface area contributed by atoms with Crippen molar-refractivity contribution in [2.75, 3.05) is 5.32 Å². The maximum absolute atomic E-state index is 12.1. The molecular formula is C16H17NO3S. The summed E-state index contributed by atoms with van der Waals surface area (Å²) in [5.74, 6) is -1.05. The molecule has 5 heteroatoms. The second-order valence-electron chi connectivity index (χ2n) is 4.86. The van der Waals surface area contributed by atoms with Crippen LogP contribution in [0.1, 0.15) is 30.4 Å². The Hall–Kier alpha value is -2.14. The SMILES string of the molecule is CC(C(=O)Nc1ccc(CCC(=O)O)cc1)c1ccsc1. The molecule has 2 rings (SSSR count). The number of rotatable bonds is 6. The van der Waals surface area contributed by atoms with Crippen molar-refractivity contribution in [1.29, 1.82) is 0 Å².